The molecule has 0 spiro atoms. The van der Waals surface area contributed by atoms with Gasteiger partial charge in [-0.05, 0) is 0 Å². The van der Waals surface area contributed by atoms with Gasteiger partial charge in [0.05, 0.1) is 6.61 Å². The van der Waals surface area contributed by atoms with Crippen molar-refractivity contribution in [2.45, 2.75) is 0 Å². The maximum Gasteiger partial charge on any atom is 0.160 e. The third-order valence-corrected chi connectivity index (χ3v) is 0.995. The highest BCUT2D eigenvalue weighted by Crippen LogP contribution is 1.97. The summed E-state index contributed by atoms with van der Waals surface area (Å²) in [7, 11) is 0. The molecule has 0 unspecified atom stereocenters. The zero-order valence-corrected chi connectivity index (χ0v) is 4.58. The largest absolute Gasteiger partial charge is 0.479 e. The summed E-state index contributed by atoms with van der Waals surface area (Å²) in [4.78, 5) is 1.89. The van der Waals surface area contributed by atoms with E-state index in [-0.39, 0.29) is 6.61 Å². The van der Waals surface area contributed by atoms with E-state index in [2.05, 4.69) is 0 Å². The first-order chi connectivity index (χ1) is 3.93. The Bertz CT molecular complexity index is 92.4. The van der Waals surface area contributed by atoms with Crippen LogP contribution in [0.15, 0.2) is 12.5 Å². The smallest absolute Gasteiger partial charge is 0.160 e. The monoisotopic (exact) mass is 115 g/mol. The molecule has 8 heavy (non-hydrogen) atoms. The number of β-amino-alcohol motifs (C(OH)–C–C–N with tert-alkyl or cyclic N) is 1. The first kappa shape index (κ1) is 5.44. The van der Waals surface area contributed by atoms with E-state index < -0.39 is 0 Å². The van der Waals surface area contributed by atoms with Crippen molar-refractivity contribution in [2.75, 3.05) is 19.9 Å². The molecule has 0 bridgehead atoms. The first-order valence-corrected chi connectivity index (χ1v) is 2.56. The molecule has 0 aliphatic carbocycles. The van der Waals surface area contributed by atoms with Crippen LogP contribution in [-0.2, 0) is 4.74 Å². The molecule has 3 nitrogen and oxygen atoms in total. The molecule has 1 N–H and O–H groups in total. The molecule has 46 valence electrons. The summed E-state index contributed by atoms with van der Waals surface area (Å²) in [5, 5.41) is 8.40. The number of rotatable bonds is 2. The van der Waals surface area contributed by atoms with E-state index in [0.717, 1.165) is 0 Å². The van der Waals surface area contributed by atoms with Gasteiger partial charge in [-0.1, -0.05) is 0 Å². The lowest BCUT2D eigenvalue weighted by Gasteiger charge is -2.09. The highest BCUT2D eigenvalue weighted by Gasteiger charge is 2.00. The van der Waals surface area contributed by atoms with Gasteiger partial charge in [-0.25, -0.2) is 0 Å². The van der Waals surface area contributed by atoms with Crippen molar-refractivity contribution in [1.82, 2.24) is 4.90 Å². The van der Waals surface area contributed by atoms with Crippen LogP contribution in [0.2, 0.25) is 0 Å². The first-order valence-electron chi connectivity index (χ1n) is 2.56. The van der Waals surface area contributed by atoms with Crippen LogP contribution in [0.3, 0.4) is 0 Å². The van der Waals surface area contributed by atoms with Gasteiger partial charge >= 0.3 is 0 Å². The molecule has 1 heterocycles. The van der Waals surface area contributed by atoms with Crippen LogP contribution in [-0.4, -0.2) is 29.9 Å². The van der Waals surface area contributed by atoms with Crippen molar-refractivity contribution >= 4 is 0 Å². The summed E-state index contributed by atoms with van der Waals surface area (Å²) in [6, 6.07) is 0. The van der Waals surface area contributed by atoms with Crippen LogP contribution in [0.4, 0.5) is 0 Å². The summed E-state index contributed by atoms with van der Waals surface area (Å²) in [6.07, 6.45) is 3.44. The fourth-order valence-electron chi connectivity index (χ4n) is 0.578. The number of ether oxygens (including phenoxy) is 1. The van der Waals surface area contributed by atoms with E-state index in [9.17, 15) is 0 Å². The Hall–Kier alpha value is -0.700. The Labute approximate surface area is 48.2 Å². The maximum absolute atomic E-state index is 8.40. The predicted octanol–water partition coefficient (Wildman–Crippen LogP) is -0.260. The average molecular weight is 115 g/mol. The summed E-state index contributed by atoms with van der Waals surface area (Å²) in [6.45, 7) is 1.44. The highest BCUT2D eigenvalue weighted by molar-refractivity contribution is 4.78. The van der Waals surface area contributed by atoms with Crippen LogP contribution < -0.4 is 0 Å². The van der Waals surface area contributed by atoms with Gasteiger partial charge in [0.1, 0.15) is 6.26 Å². The molecule has 0 aromatic rings. The van der Waals surface area contributed by atoms with Crippen LogP contribution in [0.25, 0.3) is 0 Å². The Morgan fingerprint density at radius 2 is 2.62 bits per heavy atom. The molecule has 0 saturated carbocycles. The van der Waals surface area contributed by atoms with Crippen molar-refractivity contribution in [3.63, 3.8) is 0 Å². The van der Waals surface area contributed by atoms with Crippen LogP contribution in [0, 0.1) is 0 Å². The zero-order chi connectivity index (χ0) is 5.82. The second-order valence-corrected chi connectivity index (χ2v) is 1.62. The van der Waals surface area contributed by atoms with E-state index in [1.165, 1.54) is 0 Å². The minimum absolute atomic E-state index is 0.188. The minimum Gasteiger partial charge on any atom is -0.479 e. The second kappa shape index (κ2) is 2.57. The van der Waals surface area contributed by atoms with Gasteiger partial charge in [0.2, 0.25) is 0 Å². The van der Waals surface area contributed by atoms with E-state index in [1.807, 2.05) is 11.1 Å². The molecule has 0 atom stereocenters. The van der Waals surface area contributed by atoms with E-state index in [0.29, 0.717) is 13.3 Å². The Morgan fingerprint density at radius 1 is 1.75 bits per heavy atom. The summed E-state index contributed by atoms with van der Waals surface area (Å²) >= 11 is 0. The number of aliphatic hydroxyl groups excluding tert-OH is 1. The van der Waals surface area contributed by atoms with Gasteiger partial charge in [-0.2, -0.15) is 0 Å². The molecular weight excluding hydrogens is 106 g/mol. The Morgan fingerprint density at radius 3 is 3.12 bits per heavy atom. The number of hydrogen-bond acceptors (Lipinski definition) is 3. The lowest BCUT2D eigenvalue weighted by molar-refractivity contribution is 0.148. The van der Waals surface area contributed by atoms with Crippen LogP contribution in [0.5, 0.6) is 0 Å². The van der Waals surface area contributed by atoms with E-state index >= 15 is 0 Å². The van der Waals surface area contributed by atoms with Gasteiger partial charge in [0.15, 0.2) is 6.73 Å². The summed E-state index contributed by atoms with van der Waals surface area (Å²) in [5.41, 5.74) is 0. The molecule has 0 aromatic carbocycles. The molecule has 0 aromatic heterocycles. The van der Waals surface area contributed by atoms with Crippen LogP contribution >= 0.6 is 0 Å². The Kier molecular flexibility index (Phi) is 1.75. The number of nitrogens with zero attached hydrogens (tertiary/aromatic N) is 1. The predicted molar refractivity (Wildman–Crippen MR) is 28.9 cm³/mol. The molecule has 0 amide bonds. The molecule has 0 radical (unpaired) electrons. The molecule has 0 fully saturated rings. The van der Waals surface area contributed by atoms with Crippen LogP contribution in [0.1, 0.15) is 0 Å². The number of hydrogen-bond donors (Lipinski definition) is 1. The van der Waals surface area contributed by atoms with Gasteiger partial charge < -0.3 is 14.7 Å². The van der Waals surface area contributed by atoms with Gasteiger partial charge in [0.25, 0.3) is 0 Å². The highest BCUT2D eigenvalue weighted by atomic mass is 16.5. The zero-order valence-electron chi connectivity index (χ0n) is 4.58. The lowest BCUT2D eigenvalue weighted by Crippen LogP contribution is -2.18. The molecule has 0 saturated heterocycles. The van der Waals surface area contributed by atoms with Crippen molar-refractivity contribution in [3.05, 3.63) is 12.5 Å². The summed E-state index contributed by atoms with van der Waals surface area (Å²) in [5.74, 6) is 0. The topological polar surface area (TPSA) is 32.7 Å². The minimum atomic E-state index is 0.188. The summed E-state index contributed by atoms with van der Waals surface area (Å²) < 4.78 is 4.84. The van der Waals surface area contributed by atoms with Crippen molar-refractivity contribution in [1.29, 1.82) is 0 Å². The fourth-order valence-corrected chi connectivity index (χ4v) is 0.578. The molecule has 1 rings (SSSR count). The van der Waals surface area contributed by atoms with Crippen molar-refractivity contribution in [3.8, 4) is 0 Å². The molecule has 1 aliphatic rings. The van der Waals surface area contributed by atoms with Gasteiger partial charge in [0, 0.05) is 12.7 Å². The fraction of sp³-hybridized carbons (Fsp3) is 0.600. The Balaban J connectivity index is 2.16. The maximum atomic E-state index is 8.40. The molecular formula is C5H9NO2. The third-order valence-electron chi connectivity index (χ3n) is 0.995. The second-order valence-electron chi connectivity index (χ2n) is 1.62. The lowest BCUT2D eigenvalue weighted by atomic mass is 10.6. The van der Waals surface area contributed by atoms with E-state index in [1.54, 1.807) is 6.26 Å². The number of aliphatic hydroxyl groups is 1. The quantitative estimate of drug-likeness (QED) is 0.538. The van der Waals surface area contributed by atoms with Crippen molar-refractivity contribution in [2.24, 2.45) is 0 Å². The average Bonchev–Trinajstić information content (AvgIpc) is 2.19. The molecule has 1 aliphatic heterocycles. The van der Waals surface area contributed by atoms with Crippen molar-refractivity contribution < 1.29 is 9.84 Å². The normalized spacial score (nSPS) is 16.9. The molecule has 3 heteroatoms. The van der Waals surface area contributed by atoms with E-state index in [4.69, 9.17) is 9.84 Å². The standard InChI is InChI=1S/C5H9NO2/c7-3-1-6-2-4-8-5-6/h2,4,7H,1,3,5H2. The third kappa shape index (κ3) is 1.13. The van der Waals surface area contributed by atoms with Gasteiger partial charge in [-0.15, -0.1) is 0 Å². The SMILES string of the molecule is OCCN1C=COC1. The van der Waals surface area contributed by atoms with Gasteiger partial charge in [-0.3, -0.25) is 0 Å².